The van der Waals surface area contributed by atoms with E-state index >= 15 is 0 Å². The van der Waals surface area contributed by atoms with Gasteiger partial charge in [0.05, 0.1) is 7.11 Å². The summed E-state index contributed by atoms with van der Waals surface area (Å²) in [5.74, 6) is 0.0418. The van der Waals surface area contributed by atoms with E-state index in [-0.39, 0.29) is 12.3 Å². The third-order valence-electron chi connectivity index (χ3n) is 2.44. The maximum Gasteiger partial charge on any atom is 0.329 e. The van der Waals surface area contributed by atoms with Gasteiger partial charge in [0.2, 0.25) is 5.82 Å². The normalized spacial score (nSPS) is 15.6. The molecule has 0 radical (unpaired) electrons. The molecule has 0 aromatic carbocycles. The molecule has 0 atom stereocenters. The number of nitrogens with zero attached hydrogens (tertiary/aromatic N) is 4. The van der Waals surface area contributed by atoms with Crippen LogP contribution in [0.2, 0.25) is 0 Å². The molecule has 0 N–H and O–H groups in total. The van der Waals surface area contributed by atoms with Crippen LogP contribution in [0.25, 0.3) is 5.57 Å². The fourth-order valence-electron chi connectivity index (χ4n) is 1.59. The topological polar surface area (TPSA) is 87.0 Å². The molecule has 1 aliphatic carbocycles. The standard InChI is InChI=1S/C10H12N4O3/c1-17-9(16)6-14-12-10(11-13-14)7-3-2-4-8(15)5-7/h5H,2-4,6H2,1H3. The third-order valence-corrected chi connectivity index (χ3v) is 2.44. The van der Waals surface area contributed by atoms with Crippen LogP contribution < -0.4 is 0 Å². The highest BCUT2D eigenvalue weighted by Gasteiger charge is 2.16. The summed E-state index contributed by atoms with van der Waals surface area (Å²) < 4.78 is 4.49. The number of carbonyl (C=O) groups is 2. The van der Waals surface area contributed by atoms with Crippen molar-refractivity contribution >= 4 is 17.3 Å². The Kier molecular flexibility index (Phi) is 3.27. The van der Waals surface area contributed by atoms with Crippen molar-refractivity contribution in [1.82, 2.24) is 20.2 Å². The Bertz CT molecular complexity index is 478. The highest BCUT2D eigenvalue weighted by Crippen LogP contribution is 2.21. The summed E-state index contributed by atoms with van der Waals surface area (Å²) in [6.07, 6.45) is 3.68. The first-order valence-electron chi connectivity index (χ1n) is 5.27. The van der Waals surface area contributed by atoms with Gasteiger partial charge in [-0.05, 0) is 24.1 Å². The smallest absolute Gasteiger partial charge is 0.329 e. The molecule has 1 aliphatic rings. The monoisotopic (exact) mass is 236 g/mol. The van der Waals surface area contributed by atoms with E-state index in [0.717, 1.165) is 23.2 Å². The molecular formula is C10H12N4O3. The molecule has 0 unspecified atom stereocenters. The molecule has 1 heterocycles. The van der Waals surface area contributed by atoms with Gasteiger partial charge in [-0.1, -0.05) is 0 Å². The van der Waals surface area contributed by atoms with E-state index in [1.165, 1.54) is 7.11 Å². The highest BCUT2D eigenvalue weighted by molar-refractivity contribution is 5.97. The van der Waals surface area contributed by atoms with Gasteiger partial charge in [0.1, 0.15) is 0 Å². The lowest BCUT2D eigenvalue weighted by Gasteiger charge is -2.07. The molecule has 7 heteroatoms. The third kappa shape index (κ3) is 2.74. The van der Waals surface area contributed by atoms with Crippen LogP contribution >= 0.6 is 0 Å². The Morgan fingerprint density at radius 2 is 2.35 bits per heavy atom. The lowest BCUT2D eigenvalue weighted by Crippen LogP contribution is -2.14. The van der Waals surface area contributed by atoms with E-state index in [1.54, 1.807) is 6.08 Å². The summed E-state index contributed by atoms with van der Waals surface area (Å²) in [4.78, 5) is 23.4. The van der Waals surface area contributed by atoms with Crippen LogP contribution in [0, 0.1) is 0 Å². The van der Waals surface area contributed by atoms with Crippen LogP contribution in [-0.2, 0) is 20.9 Å². The second-order valence-electron chi connectivity index (χ2n) is 3.71. The van der Waals surface area contributed by atoms with Crippen molar-refractivity contribution in [2.45, 2.75) is 25.8 Å². The zero-order valence-electron chi connectivity index (χ0n) is 9.42. The van der Waals surface area contributed by atoms with Crippen molar-refractivity contribution in [3.8, 4) is 0 Å². The number of tetrazole rings is 1. The lowest BCUT2D eigenvalue weighted by atomic mass is 9.98. The predicted octanol–water partition coefficient (Wildman–Crippen LogP) is -0.0175. The van der Waals surface area contributed by atoms with E-state index in [9.17, 15) is 9.59 Å². The number of hydrogen-bond donors (Lipinski definition) is 0. The fraction of sp³-hybridized carbons (Fsp3) is 0.500. The lowest BCUT2D eigenvalue weighted by molar-refractivity contribution is -0.141. The van der Waals surface area contributed by atoms with Crippen molar-refractivity contribution in [3.63, 3.8) is 0 Å². The average molecular weight is 236 g/mol. The zero-order chi connectivity index (χ0) is 12.3. The van der Waals surface area contributed by atoms with E-state index in [0.29, 0.717) is 12.2 Å². The van der Waals surface area contributed by atoms with Gasteiger partial charge in [0.25, 0.3) is 0 Å². The van der Waals surface area contributed by atoms with Crippen LogP contribution in [-0.4, -0.2) is 39.1 Å². The molecule has 1 aromatic heterocycles. The molecule has 0 spiro atoms. The van der Waals surface area contributed by atoms with Gasteiger partial charge in [-0.3, -0.25) is 4.79 Å². The van der Waals surface area contributed by atoms with Crippen LogP contribution in [0.5, 0.6) is 0 Å². The van der Waals surface area contributed by atoms with Crippen molar-refractivity contribution in [2.75, 3.05) is 7.11 Å². The van der Waals surface area contributed by atoms with Gasteiger partial charge >= 0.3 is 5.97 Å². The number of allylic oxidation sites excluding steroid dienone is 2. The Labute approximate surface area is 97.4 Å². The van der Waals surface area contributed by atoms with Gasteiger partial charge in [-0.25, -0.2) is 4.79 Å². The molecule has 90 valence electrons. The molecule has 7 nitrogen and oxygen atoms in total. The van der Waals surface area contributed by atoms with E-state index in [4.69, 9.17) is 0 Å². The number of ketones is 1. The van der Waals surface area contributed by atoms with Gasteiger partial charge < -0.3 is 4.74 Å². The zero-order valence-corrected chi connectivity index (χ0v) is 9.42. The molecule has 1 aromatic rings. The largest absolute Gasteiger partial charge is 0.468 e. The maximum atomic E-state index is 11.2. The molecule has 0 amide bonds. The molecule has 0 fully saturated rings. The second kappa shape index (κ2) is 4.86. The Morgan fingerprint density at radius 3 is 3.06 bits per heavy atom. The highest BCUT2D eigenvalue weighted by atomic mass is 16.5. The van der Waals surface area contributed by atoms with Crippen LogP contribution in [0.1, 0.15) is 25.1 Å². The molecular weight excluding hydrogens is 224 g/mol. The minimum absolute atomic E-state index is 0.0786. The van der Waals surface area contributed by atoms with Gasteiger partial charge in [0, 0.05) is 12.0 Å². The van der Waals surface area contributed by atoms with E-state index in [2.05, 4.69) is 20.1 Å². The summed E-state index contributed by atoms with van der Waals surface area (Å²) in [7, 11) is 1.29. The number of ether oxygens (including phenoxy) is 1. The summed E-state index contributed by atoms with van der Waals surface area (Å²) in [5, 5.41) is 11.6. The van der Waals surface area contributed by atoms with Crippen LogP contribution in [0.3, 0.4) is 0 Å². The molecule has 17 heavy (non-hydrogen) atoms. The molecule has 0 bridgehead atoms. The Hall–Kier alpha value is -2.05. The summed E-state index contributed by atoms with van der Waals surface area (Å²) >= 11 is 0. The van der Waals surface area contributed by atoms with Crippen molar-refractivity contribution < 1.29 is 14.3 Å². The Morgan fingerprint density at radius 1 is 1.53 bits per heavy atom. The summed E-state index contributed by atoms with van der Waals surface area (Å²) in [6, 6.07) is 0. The first-order chi connectivity index (χ1) is 8.19. The summed E-state index contributed by atoms with van der Waals surface area (Å²) in [6.45, 7) is -0.0786. The van der Waals surface area contributed by atoms with Crippen LogP contribution in [0.15, 0.2) is 6.08 Å². The van der Waals surface area contributed by atoms with Crippen LogP contribution in [0.4, 0.5) is 0 Å². The molecule has 0 saturated carbocycles. The van der Waals surface area contributed by atoms with Crippen molar-refractivity contribution in [1.29, 1.82) is 0 Å². The second-order valence-corrected chi connectivity index (χ2v) is 3.71. The maximum absolute atomic E-state index is 11.2. The van der Waals surface area contributed by atoms with Crippen molar-refractivity contribution in [3.05, 3.63) is 11.9 Å². The van der Waals surface area contributed by atoms with Crippen molar-refractivity contribution in [2.24, 2.45) is 0 Å². The quantitative estimate of drug-likeness (QED) is 0.685. The van der Waals surface area contributed by atoms with Gasteiger partial charge in [0.15, 0.2) is 12.3 Å². The minimum atomic E-state index is -0.442. The summed E-state index contributed by atoms with van der Waals surface area (Å²) in [5.41, 5.74) is 0.775. The number of carbonyl (C=O) groups excluding carboxylic acids is 2. The van der Waals surface area contributed by atoms with E-state index in [1.807, 2.05) is 0 Å². The first-order valence-corrected chi connectivity index (χ1v) is 5.27. The van der Waals surface area contributed by atoms with Gasteiger partial charge in [-0.2, -0.15) is 4.80 Å². The number of rotatable bonds is 3. The Balaban J connectivity index is 2.12. The average Bonchev–Trinajstić information content (AvgIpc) is 2.77. The number of aromatic nitrogens is 4. The number of hydrogen-bond acceptors (Lipinski definition) is 6. The predicted molar refractivity (Wildman–Crippen MR) is 56.7 cm³/mol. The SMILES string of the molecule is COC(=O)Cn1nnc(C2=CC(=O)CCC2)n1. The molecule has 0 saturated heterocycles. The minimum Gasteiger partial charge on any atom is -0.468 e. The number of methoxy groups -OCH3 is 1. The molecule has 0 aliphatic heterocycles. The molecule has 2 rings (SSSR count). The number of esters is 1. The first kappa shape index (κ1) is 11.4. The van der Waals surface area contributed by atoms with Gasteiger partial charge in [-0.15, -0.1) is 10.2 Å². The van der Waals surface area contributed by atoms with E-state index < -0.39 is 5.97 Å². The fourth-order valence-corrected chi connectivity index (χ4v) is 1.59.